The van der Waals surface area contributed by atoms with Gasteiger partial charge in [0, 0.05) is 13.2 Å². The lowest BCUT2D eigenvalue weighted by Gasteiger charge is -2.23. The van der Waals surface area contributed by atoms with Crippen molar-refractivity contribution in [3.05, 3.63) is 0 Å². The molecule has 0 aromatic rings. The first kappa shape index (κ1) is 19.4. The van der Waals surface area contributed by atoms with Gasteiger partial charge in [-0.25, -0.2) is 0 Å². The van der Waals surface area contributed by atoms with E-state index in [1.807, 2.05) is 6.92 Å². The Kier molecular flexibility index (Phi) is 11.8. The fourth-order valence-corrected chi connectivity index (χ4v) is 2.26. The van der Waals surface area contributed by atoms with E-state index in [1.165, 1.54) is 25.7 Å². The van der Waals surface area contributed by atoms with Crippen LogP contribution in [0.5, 0.6) is 0 Å². The van der Waals surface area contributed by atoms with Gasteiger partial charge in [-0.05, 0) is 45.1 Å². The minimum Gasteiger partial charge on any atom is -0.381 e. The van der Waals surface area contributed by atoms with E-state index in [9.17, 15) is 5.26 Å². The van der Waals surface area contributed by atoms with Gasteiger partial charge >= 0.3 is 0 Å². The molecule has 0 aliphatic rings. The monoisotopic (exact) mass is 282 g/mol. The molecular formula is C17H34N2O. The number of hydrogen-bond donors (Lipinski definition) is 1. The number of rotatable bonds is 13. The van der Waals surface area contributed by atoms with Crippen LogP contribution in [-0.4, -0.2) is 25.3 Å². The first-order valence-electron chi connectivity index (χ1n) is 8.35. The molecule has 3 heteroatoms. The molecule has 0 fully saturated rings. The number of nitrogens with zero attached hydrogens (tertiary/aromatic N) is 1. The molecule has 0 aliphatic heterocycles. The maximum absolute atomic E-state index is 9.24. The van der Waals surface area contributed by atoms with Crippen LogP contribution in [0.1, 0.15) is 72.6 Å². The van der Waals surface area contributed by atoms with E-state index < -0.39 is 5.54 Å². The molecule has 0 heterocycles. The predicted octanol–water partition coefficient (Wildman–Crippen LogP) is 4.28. The van der Waals surface area contributed by atoms with Crippen LogP contribution in [0.25, 0.3) is 0 Å². The summed E-state index contributed by atoms with van der Waals surface area (Å²) in [5.41, 5.74) is -0.397. The molecule has 0 aliphatic carbocycles. The summed E-state index contributed by atoms with van der Waals surface area (Å²) in [4.78, 5) is 0. The SMILES string of the molecule is CCCCC(CC)COCCCC(C)(C#N)NCCC. The molecule has 0 saturated heterocycles. The second-order valence-electron chi connectivity index (χ2n) is 5.97. The zero-order valence-corrected chi connectivity index (χ0v) is 14.0. The molecule has 2 unspecified atom stereocenters. The van der Waals surface area contributed by atoms with Crippen LogP contribution in [0.2, 0.25) is 0 Å². The zero-order chi connectivity index (χ0) is 15.3. The van der Waals surface area contributed by atoms with Crippen LogP contribution in [-0.2, 0) is 4.74 Å². The lowest BCUT2D eigenvalue weighted by atomic mass is 9.97. The van der Waals surface area contributed by atoms with Gasteiger partial charge in [0.2, 0.25) is 0 Å². The van der Waals surface area contributed by atoms with E-state index in [1.54, 1.807) is 0 Å². The number of ether oxygens (including phenoxy) is 1. The van der Waals surface area contributed by atoms with E-state index in [-0.39, 0.29) is 0 Å². The van der Waals surface area contributed by atoms with Crippen molar-refractivity contribution in [3.63, 3.8) is 0 Å². The summed E-state index contributed by atoms with van der Waals surface area (Å²) in [6.07, 6.45) is 7.91. The summed E-state index contributed by atoms with van der Waals surface area (Å²) >= 11 is 0. The fourth-order valence-electron chi connectivity index (χ4n) is 2.26. The van der Waals surface area contributed by atoms with Crippen LogP contribution in [0.15, 0.2) is 0 Å². The Morgan fingerprint density at radius 2 is 1.95 bits per heavy atom. The van der Waals surface area contributed by atoms with Gasteiger partial charge in [0.15, 0.2) is 0 Å². The Hall–Kier alpha value is -0.590. The standard InChI is InChI=1S/C17H34N2O/c1-5-8-10-16(7-3)14-20-13-9-11-17(4,15-18)19-12-6-2/h16,19H,5-14H2,1-4H3. The molecule has 0 spiro atoms. The maximum Gasteiger partial charge on any atom is 0.104 e. The normalized spacial score (nSPS) is 15.6. The third-order valence-corrected chi connectivity index (χ3v) is 3.87. The van der Waals surface area contributed by atoms with Gasteiger partial charge in [0.25, 0.3) is 0 Å². The van der Waals surface area contributed by atoms with Gasteiger partial charge in [0.1, 0.15) is 5.54 Å². The van der Waals surface area contributed by atoms with E-state index in [2.05, 4.69) is 32.2 Å². The summed E-state index contributed by atoms with van der Waals surface area (Å²) in [5, 5.41) is 12.6. The first-order valence-corrected chi connectivity index (χ1v) is 8.35. The molecule has 0 aromatic carbocycles. The molecule has 0 amide bonds. The second kappa shape index (κ2) is 12.2. The molecule has 118 valence electrons. The van der Waals surface area contributed by atoms with Crippen molar-refractivity contribution in [1.82, 2.24) is 5.32 Å². The lowest BCUT2D eigenvalue weighted by Crippen LogP contribution is -2.41. The fraction of sp³-hybridized carbons (Fsp3) is 0.941. The molecule has 0 aromatic heterocycles. The van der Waals surface area contributed by atoms with Crippen LogP contribution in [0.3, 0.4) is 0 Å². The van der Waals surface area contributed by atoms with Crippen molar-refractivity contribution in [2.24, 2.45) is 5.92 Å². The van der Waals surface area contributed by atoms with Gasteiger partial charge in [-0.15, -0.1) is 0 Å². The number of nitriles is 1. The molecule has 20 heavy (non-hydrogen) atoms. The molecule has 1 N–H and O–H groups in total. The maximum atomic E-state index is 9.24. The Bertz CT molecular complexity index is 262. The molecule has 0 saturated carbocycles. The molecule has 3 nitrogen and oxygen atoms in total. The Balaban J connectivity index is 3.75. The second-order valence-corrected chi connectivity index (χ2v) is 5.97. The highest BCUT2D eigenvalue weighted by Gasteiger charge is 2.21. The molecule has 2 atom stereocenters. The number of unbranched alkanes of at least 4 members (excludes halogenated alkanes) is 1. The van der Waals surface area contributed by atoms with Crippen molar-refractivity contribution < 1.29 is 4.74 Å². The van der Waals surface area contributed by atoms with Crippen molar-refractivity contribution >= 4 is 0 Å². The van der Waals surface area contributed by atoms with Gasteiger partial charge < -0.3 is 4.74 Å². The third-order valence-electron chi connectivity index (χ3n) is 3.87. The average molecular weight is 282 g/mol. The lowest BCUT2D eigenvalue weighted by molar-refractivity contribution is 0.0883. The summed E-state index contributed by atoms with van der Waals surface area (Å²) in [6, 6.07) is 2.39. The topological polar surface area (TPSA) is 45.0 Å². The van der Waals surface area contributed by atoms with Crippen LogP contribution in [0.4, 0.5) is 0 Å². The molecular weight excluding hydrogens is 248 g/mol. The summed E-state index contributed by atoms with van der Waals surface area (Å²) in [6.45, 7) is 11.1. The van der Waals surface area contributed by atoms with E-state index in [4.69, 9.17) is 4.74 Å². The van der Waals surface area contributed by atoms with E-state index in [0.717, 1.165) is 39.0 Å². The van der Waals surface area contributed by atoms with Gasteiger partial charge in [-0.2, -0.15) is 5.26 Å². The molecule has 0 radical (unpaired) electrons. The van der Waals surface area contributed by atoms with Crippen molar-refractivity contribution in [2.45, 2.75) is 78.2 Å². The Morgan fingerprint density at radius 1 is 1.20 bits per heavy atom. The molecule has 0 bridgehead atoms. The van der Waals surface area contributed by atoms with Gasteiger partial charge in [-0.1, -0.05) is 40.0 Å². The Morgan fingerprint density at radius 3 is 2.50 bits per heavy atom. The van der Waals surface area contributed by atoms with E-state index in [0.29, 0.717) is 5.92 Å². The first-order chi connectivity index (χ1) is 9.61. The smallest absolute Gasteiger partial charge is 0.104 e. The van der Waals surface area contributed by atoms with E-state index >= 15 is 0 Å². The molecule has 0 rings (SSSR count). The number of nitrogens with one attached hydrogen (secondary N) is 1. The van der Waals surface area contributed by atoms with Gasteiger partial charge in [-0.3, -0.25) is 5.32 Å². The van der Waals surface area contributed by atoms with Crippen molar-refractivity contribution in [1.29, 1.82) is 5.26 Å². The third kappa shape index (κ3) is 9.34. The minimum absolute atomic E-state index is 0.397. The highest BCUT2D eigenvalue weighted by molar-refractivity contribution is 5.03. The average Bonchev–Trinajstić information content (AvgIpc) is 2.48. The summed E-state index contributed by atoms with van der Waals surface area (Å²) in [5.74, 6) is 0.704. The quantitative estimate of drug-likeness (QED) is 0.513. The van der Waals surface area contributed by atoms with Crippen molar-refractivity contribution in [3.8, 4) is 6.07 Å². The predicted molar refractivity (Wildman–Crippen MR) is 85.7 cm³/mol. The Labute approximate surface area is 126 Å². The number of hydrogen-bond acceptors (Lipinski definition) is 3. The van der Waals surface area contributed by atoms with Crippen LogP contribution in [0, 0.1) is 17.2 Å². The highest BCUT2D eigenvalue weighted by atomic mass is 16.5. The van der Waals surface area contributed by atoms with Gasteiger partial charge in [0.05, 0.1) is 6.07 Å². The summed E-state index contributed by atoms with van der Waals surface area (Å²) in [7, 11) is 0. The largest absolute Gasteiger partial charge is 0.381 e. The minimum atomic E-state index is -0.397. The van der Waals surface area contributed by atoms with Crippen molar-refractivity contribution in [2.75, 3.05) is 19.8 Å². The summed E-state index contributed by atoms with van der Waals surface area (Å²) < 4.78 is 5.79. The van der Waals surface area contributed by atoms with Crippen LogP contribution >= 0.6 is 0 Å². The zero-order valence-electron chi connectivity index (χ0n) is 14.0. The highest BCUT2D eigenvalue weighted by Crippen LogP contribution is 2.14. The van der Waals surface area contributed by atoms with Crippen LogP contribution < -0.4 is 5.32 Å².